The Kier molecular flexibility index (Phi) is 6.41. The van der Waals surface area contributed by atoms with Crippen molar-refractivity contribution in [3.8, 4) is 11.3 Å². The summed E-state index contributed by atoms with van der Waals surface area (Å²) in [6.45, 7) is 9.26. The lowest BCUT2D eigenvalue weighted by molar-refractivity contribution is 0.0374. The van der Waals surface area contributed by atoms with E-state index in [2.05, 4.69) is 41.4 Å². The number of pyridine rings is 1. The smallest absolute Gasteiger partial charge is 0.252 e. The number of nitrogens with one attached hydrogen (secondary N) is 1. The second-order valence-corrected chi connectivity index (χ2v) is 7.91. The lowest BCUT2D eigenvalue weighted by Crippen LogP contribution is -2.38. The Morgan fingerprint density at radius 3 is 2.57 bits per heavy atom. The Morgan fingerprint density at radius 2 is 1.80 bits per heavy atom. The molecule has 0 aliphatic carbocycles. The van der Waals surface area contributed by atoms with Crippen LogP contribution in [0.1, 0.15) is 27.9 Å². The lowest BCUT2D eigenvalue weighted by Gasteiger charge is -2.26. The van der Waals surface area contributed by atoms with Crippen LogP contribution in [0.5, 0.6) is 0 Å². The largest absolute Gasteiger partial charge is 0.379 e. The van der Waals surface area contributed by atoms with Crippen molar-refractivity contribution in [1.29, 1.82) is 0 Å². The number of amides is 1. The predicted octanol–water partition coefficient (Wildman–Crippen LogP) is 3.97. The van der Waals surface area contributed by atoms with Crippen LogP contribution in [0.2, 0.25) is 0 Å². The number of aromatic nitrogens is 1. The molecule has 4 rings (SSSR count). The normalized spacial score (nSPS) is 14.7. The predicted molar refractivity (Wildman–Crippen MR) is 121 cm³/mol. The van der Waals surface area contributed by atoms with Gasteiger partial charge in [0.25, 0.3) is 5.91 Å². The molecule has 0 bridgehead atoms. The van der Waals surface area contributed by atoms with Crippen molar-refractivity contribution in [3.05, 3.63) is 65.2 Å². The summed E-state index contributed by atoms with van der Waals surface area (Å²) in [6, 6.07) is 16.2. The number of hydrogen-bond donors (Lipinski definition) is 1. The summed E-state index contributed by atoms with van der Waals surface area (Å²) in [6.07, 6.45) is 0.929. The monoisotopic (exact) mass is 403 g/mol. The molecule has 2 heterocycles. The van der Waals surface area contributed by atoms with Crippen molar-refractivity contribution in [2.24, 2.45) is 0 Å². The van der Waals surface area contributed by atoms with Crippen LogP contribution in [0, 0.1) is 13.8 Å². The standard InChI is InChI=1S/C25H29N3O2/c1-18-8-10-20(11-9-18)24-19(2)23(21-6-3-4-7-22(21)27-24)25(29)26-12-5-13-28-14-16-30-17-15-28/h3-4,6-11H,5,12-17H2,1-2H3,(H,26,29). The molecule has 156 valence electrons. The minimum atomic E-state index is -0.0264. The first kappa shape index (κ1) is 20.5. The molecular formula is C25H29N3O2. The molecule has 5 nitrogen and oxygen atoms in total. The number of nitrogens with zero attached hydrogens (tertiary/aromatic N) is 2. The molecule has 0 atom stereocenters. The molecule has 0 saturated carbocycles. The number of carbonyl (C=O) groups is 1. The average Bonchev–Trinajstić information content (AvgIpc) is 2.77. The van der Waals surface area contributed by atoms with Crippen LogP contribution in [-0.4, -0.2) is 55.2 Å². The van der Waals surface area contributed by atoms with Gasteiger partial charge in [0.05, 0.1) is 30.0 Å². The van der Waals surface area contributed by atoms with Gasteiger partial charge in [0.1, 0.15) is 0 Å². The maximum atomic E-state index is 13.2. The number of hydrogen-bond acceptors (Lipinski definition) is 4. The van der Waals surface area contributed by atoms with E-state index >= 15 is 0 Å². The van der Waals surface area contributed by atoms with Crippen molar-refractivity contribution in [2.75, 3.05) is 39.4 Å². The van der Waals surface area contributed by atoms with Crippen LogP contribution in [0.15, 0.2) is 48.5 Å². The van der Waals surface area contributed by atoms with Gasteiger partial charge in [-0.25, -0.2) is 4.98 Å². The molecular weight excluding hydrogens is 374 g/mol. The summed E-state index contributed by atoms with van der Waals surface area (Å²) in [7, 11) is 0. The van der Waals surface area contributed by atoms with Gasteiger partial charge in [-0.05, 0) is 38.4 Å². The highest BCUT2D eigenvalue weighted by molar-refractivity contribution is 6.08. The van der Waals surface area contributed by atoms with Crippen LogP contribution < -0.4 is 5.32 Å². The molecule has 1 aromatic heterocycles. The number of para-hydroxylation sites is 1. The minimum Gasteiger partial charge on any atom is -0.379 e. The zero-order valence-electron chi connectivity index (χ0n) is 17.8. The van der Waals surface area contributed by atoms with Gasteiger partial charge in [0, 0.05) is 30.6 Å². The minimum absolute atomic E-state index is 0.0264. The number of fused-ring (bicyclic) bond motifs is 1. The summed E-state index contributed by atoms with van der Waals surface area (Å²) in [4.78, 5) is 20.5. The van der Waals surface area contributed by atoms with Gasteiger partial charge in [-0.15, -0.1) is 0 Å². The van der Waals surface area contributed by atoms with Gasteiger partial charge < -0.3 is 10.1 Å². The van der Waals surface area contributed by atoms with Crippen LogP contribution in [0.4, 0.5) is 0 Å². The van der Waals surface area contributed by atoms with Crippen LogP contribution >= 0.6 is 0 Å². The van der Waals surface area contributed by atoms with Crippen molar-refractivity contribution < 1.29 is 9.53 Å². The molecule has 0 unspecified atom stereocenters. The van der Waals surface area contributed by atoms with Crippen molar-refractivity contribution in [3.63, 3.8) is 0 Å². The Bertz CT molecular complexity index is 1020. The Hall–Kier alpha value is -2.76. The fraction of sp³-hybridized carbons (Fsp3) is 0.360. The number of rotatable bonds is 6. The lowest BCUT2D eigenvalue weighted by atomic mass is 9.96. The number of aryl methyl sites for hydroxylation is 1. The van der Waals surface area contributed by atoms with Crippen molar-refractivity contribution >= 4 is 16.8 Å². The zero-order valence-corrected chi connectivity index (χ0v) is 17.8. The highest BCUT2D eigenvalue weighted by Gasteiger charge is 2.19. The molecule has 1 saturated heterocycles. The van der Waals surface area contributed by atoms with Gasteiger partial charge in [0.2, 0.25) is 0 Å². The molecule has 5 heteroatoms. The molecule has 3 aromatic rings. The van der Waals surface area contributed by atoms with Gasteiger partial charge in [-0.2, -0.15) is 0 Å². The average molecular weight is 404 g/mol. The fourth-order valence-corrected chi connectivity index (χ4v) is 4.01. The van der Waals surface area contributed by atoms with Crippen molar-refractivity contribution in [1.82, 2.24) is 15.2 Å². The van der Waals surface area contributed by atoms with Crippen molar-refractivity contribution in [2.45, 2.75) is 20.3 Å². The van der Waals surface area contributed by atoms with Gasteiger partial charge in [0.15, 0.2) is 0 Å². The second-order valence-electron chi connectivity index (χ2n) is 7.91. The van der Waals surface area contributed by atoms with Gasteiger partial charge in [-0.1, -0.05) is 48.0 Å². The number of ether oxygens (including phenoxy) is 1. The summed E-state index contributed by atoms with van der Waals surface area (Å²) < 4.78 is 5.39. The van der Waals surface area contributed by atoms with E-state index in [1.165, 1.54) is 5.56 Å². The van der Waals surface area contributed by atoms with Crippen LogP contribution in [0.3, 0.4) is 0 Å². The van der Waals surface area contributed by atoms with E-state index in [4.69, 9.17) is 9.72 Å². The highest BCUT2D eigenvalue weighted by atomic mass is 16.5. The summed E-state index contributed by atoms with van der Waals surface area (Å²) in [5.41, 5.74) is 5.59. The molecule has 1 aliphatic rings. The zero-order chi connectivity index (χ0) is 20.9. The molecule has 1 amide bonds. The number of carbonyl (C=O) groups excluding carboxylic acids is 1. The molecule has 1 fully saturated rings. The Morgan fingerprint density at radius 1 is 1.07 bits per heavy atom. The van der Waals surface area contributed by atoms with Gasteiger partial charge in [-0.3, -0.25) is 9.69 Å². The summed E-state index contributed by atoms with van der Waals surface area (Å²) in [5.74, 6) is -0.0264. The molecule has 0 radical (unpaired) electrons. The van der Waals surface area contributed by atoms with E-state index in [0.29, 0.717) is 6.54 Å². The van der Waals surface area contributed by atoms with E-state index in [0.717, 1.165) is 72.6 Å². The van der Waals surface area contributed by atoms with Crippen LogP contribution in [0.25, 0.3) is 22.2 Å². The summed E-state index contributed by atoms with van der Waals surface area (Å²) >= 11 is 0. The van der Waals surface area contributed by atoms with Crippen LogP contribution in [-0.2, 0) is 4.74 Å². The molecule has 30 heavy (non-hydrogen) atoms. The first-order chi connectivity index (χ1) is 14.6. The quantitative estimate of drug-likeness (QED) is 0.633. The van der Waals surface area contributed by atoms with E-state index in [9.17, 15) is 4.79 Å². The number of benzene rings is 2. The maximum absolute atomic E-state index is 13.2. The topological polar surface area (TPSA) is 54.5 Å². The number of morpholine rings is 1. The van der Waals surface area contributed by atoms with E-state index in [1.807, 2.05) is 31.2 Å². The van der Waals surface area contributed by atoms with E-state index in [-0.39, 0.29) is 5.91 Å². The fourth-order valence-electron chi connectivity index (χ4n) is 4.01. The molecule has 0 spiro atoms. The Labute approximate surface area is 178 Å². The third-order valence-corrected chi connectivity index (χ3v) is 5.73. The van der Waals surface area contributed by atoms with E-state index < -0.39 is 0 Å². The summed E-state index contributed by atoms with van der Waals surface area (Å²) in [5, 5.41) is 4.03. The third kappa shape index (κ3) is 4.53. The third-order valence-electron chi connectivity index (χ3n) is 5.73. The first-order valence-corrected chi connectivity index (χ1v) is 10.7. The van der Waals surface area contributed by atoms with E-state index in [1.54, 1.807) is 0 Å². The molecule has 1 N–H and O–H groups in total. The molecule has 1 aliphatic heterocycles. The second kappa shape index (κ2) is 9.37. The maximum Gasteiger partial charge on any atom is 0.252 e. The highest BCUT2D eigenvalue weighted by Crippen LogP contribution is 2.29. The SMILES string of the molecule is Cc1ccc(-c2nc3ccccc3c(C(=O)NCCCN3CCOCC3)c2C)cc1. The molecule has 2 aromatic carbocycles. The Balaban J connectivity index is 1.56. The first-order valence-electron chi connectivity index (χ1n) is 10.7. The van der Waals surface area contributed by atoms with Gasteiger partial charge >= 0.3 is 0 Å².